The first kappa shape index (κ1) is 20.5. The third-order valence-corrected chi connectivity index (χ3v) is 4.60. The van der Waals surface area contributed by atoms with Crippen LogP contribution < -0.4 is 4.74 Å². The van der Waals surface area contributed by atoms with Gasteiger partial charge in [0.05, 0.1) is 12.8 Å². The fraction of sp³-hybridized carbons (Fsp3) is 0.304. The van der Waals surface area contributed by atoms with Gasteiger partial charge in [-0.25, -0.2) is 0 Å². The van der Waals surface area contributed by atoms with Crippen molar-refractivity contribution in [1.82, 2.24) is 4.90 Å². The monoisotopic (exact) mass is 399 g/mol. The van der Waals surface area contributed by atoms with Gasteiger partial charge < -0.3 is 14.3 Å². The Morgan fingerprint density at radius 3 is 2.50 bits per heavy atom. The number of halogens is 1. The highest BCUT2D eigenvalue weighted by molar-refractivity contribution is 6.30. The Hall–Kier alpha value is -2.27. The topological polar surface area (TPSA) is 45.8 Å². The maximum Gasteiger partial charge on any atom is 0.119 e. The molecule has 0 saturated carbocycles. The largest absolute Gasteiger partial charge is 0.491 e. The van der Waals surface area contributed by atoms with Gasteiger partial charge in [0.1, 0.15) is 24.2 Å². The predicted octanol–water partition coefficient (Wildman–Crippen LogP) is 4.99. The van der Waals surface area contributed by atoms with Crippen molar-refractivity contribution in [1.29, 1.82) is 0 Å². The predicted molar refractivity (Wildman–Crippen MR) is 112 cm³/mol. The summed E-state index contributed by atoms with van der Waals surface area (Å²) in [6.07, 6.45) is 1.03. The summed E-state index contributed by atoms with van der Waals surface area (Å²) in [4.78, 5) is 2.13. The van der Waals surface area contributed by atoms with Crippen LogP contribution in [0.4, 0.5) is 0 Å². The normalized spacial score (nSPS) is 12.3. The summed E-state index contributed by atoms with van der Waals surface area (Å²) in [6.45, 7) is 6.01. The van der Waals surface area contributed by atoms with E-state index in [0.717, 1.165) is 28.2 Å². The maximum atomic E-state index is 10.6. The van der Waals surface area contributed by atoms with Crippen LogP contribution in [-0.4, -0.2) is 29.3 Å². The lowest BCUT2D eigenvalue weighted by Gasteiger charge is -2.24. The van der Waals surface area contributed by atoms with Gasteiger partial charge in [0.15, 0.2) is 0 Å². The highest BCUT2D eigenvalue weighted by atomic mass is 35.5. The number of ether oxygens (including phenoxy) is 1. The molecule has 5 heteroatoms. The molecule has 0 radical (unpaired) electrons. The van der Waals surface area contributed by atoms with Crippen LogP contribution in [0.25, 0.3) is 0 Å². The van der Waals surface area contributed by atoms with Crippen molar-refractivity contribution in [3.63, 3.8) is 0 Å². The van der Waals surface area contributed by atoms with E-state index in [-0.39, 0.29) is 6.61 Å². The zero-order valence-corrected chi connectivity index (χ0v) is 17.0. The van der Waals surface area contributed by atoms with Crippen molar-refractivity contribution in [2.75, 3.05) is 13.2 Å². The molecule has 0 saturated heterocycles. The Bertz CT molecular complexity index is 859. The molecule has 3 aromatic rings. The van der Waals surface area contributed by atoms with Gasteiger partial charge in [0.2, 0.25) is 0 Å². The van der Waals surface area contributed by atoms with Crippen molar-refractivity contribution in [3.05, 3.63) is 88.3 Å². The van der Waals surface area contributed by atoms with Crippen LogP contribution in [0.1, 0.15) is 22.5 Å². The number of aliphatic hydroxyl groups is 1. The summed E-state index contributed by atoms with van der Waals surface area (Å²) in [5.74, 6) is 1.63. The van der Waals surface area contributed by atoms with Crippen molar-refractivity contribution >= 4 is 11.6 Å². The average Bonchev–Trinajstić information content (AvgIpc) is 3.12. The molecular formula is C23H26ClNO3. The van der Waals surface area contributed by atoms with Gasteiger partial charge in [-0.3, -0.25) is 4.90 Å². The molecule has 4 nitrogen and oxygen atoms in total. The number of benzene rings is 2. The molecule has 3 rings (SSSR count). The zero-order valence-electron chi connectivity index (χ0n) is 16.3. The second-order valence-electron chi connectivity index (χ2n) is 7.17. The molecular weight excluding hydrogens is 374 g/mol. The first-order valence-corrected chi connectivity index (χ1v) is 9.74. The second-order valence-corrected chi connectivity index (χ2v) is 7.60. The second kappa shape index (κ2) is 9.78. The van der Waals surface area contributed by atoms with Gasteiger partial charge in [0.25, 0.3) is 0 Å². The molecule has 0 bridgehead atoms. The summed E-state index contributed by atoms with van der Waals surface area (Å²) in [6, 6.07) is 17.6. The van der Waals surface area contributed by atoms with E-state index >= 15 is 0 Å². The van der Waals surface area contributed by atoms with E-state index in [4.69, 9.17) is 20.8 Å². The molecule has 1 atom stereocenters. The molecule has 1 heterocycles. The lowest BCUT2D eigenvalue weighted by atomic mass is 10.1. The maximum absolute atomic E-state index is 10.6. The van der Waals surface area contributed by atoms with Gasteiger partial charge in [-0.2, -0.15) is 0 Å². The van der Waals surface area contributed by atoms with Crippen molar-refractivity contribution in [2.45, 2.75) is 33.0 Å². The molecule has 28 heavy (non-hydrogen) atoms. The van der Waals surface area contributed by atoms with Crippen LogP contribution in [0, 0.1) is 13.8 Å². The number of aryl methyl sites for hydroxylation is 2. The third kappa shape index (κ3) is 6.41. The van der Waals surface area contributed by atoms with Crippen LogP contribution in [0.5, 0.6) is 5.75 Å². The van der Waals surface area contributed by atoms with Crippen LogP contribution in [0.3, 0.4) is 0 Å². The van der Waals surface area contributed by atoms with E-state index in [9.17, 15) is 5.11 Å². The minimum atomic E-state index is -0.630. The standard InChI is InChI=1S/C23H26ClNO3/c1-17-9-18(2)11-23(10-17)28-16-21(26)14-25(15-22-7-4-8-27-22)13-19-5-3-6-20(24)12-19/h3-12,21,26H,13-16H2,1-2H3. The average molecular weight is 400 g/mol. The van der Waals surface area contributed by atoms with E-state index in [1.165, 1.54) is 0 Å². The molecule has 2 aromatic carbocycles. The third-order valence-electron chi connectivity index (χ3n) is 4.36. The van der Waals surface area contributed by atoms with E-state index in [0.29, 0.717) is 24.7 Å². The molecule has 1 unspecified atom stereocenters. The SMILES string of the molecule is Cc1cc(C)cc(OCC(O)CN(Cc2cccc(Cl)c2)Cc2ccco2)c1. The Kier molecular flexibility index (Phi) is 7.15. The summed E-state index contributed by atoms with van der Waals surface area (Å²) in [7, 11) is 0. The summed E-state index contributed by atoms with van der Waals surface area (Å²) in [5, 5.41) is 11.3. The molecule has 0 fully saturated rings. The lowest BCUT2D eigenvalue weighted by molar-refractivity contribution is 0.0604. The van der Waals surface area contributed by atoms with E-state index in [1.54, 1.807) is 6.26 Å². The fourth-order valence-electron chi connectivity index (χ4n) is 3.26. The fourth-order valence-corrected chi connectivity index (χ4v) is 3.47. The summed E-state index contributed by atoms with van der Waals surface area (Å²) >= 11 is 6.11. The minimum absolute atomic E-state index is 0.229. The van der Waals surface area contributed by atoms with E-state index < -0.39 is 6.10 Å². The van der Waals surface area contributed by atoms with Gasteiger partial charge in [0, 0.05) is 18.1 Å². The Morgan fingerprint density at radius 2 is 1.82 bits per heavy atom. The Morgan fingerprint density at radius 1 is 1.04 bits per heavy atom. The zero-order chi connectivity index (χ0) is 19.9. The summed E-state index contributed by atoms with van der Waals surface area (Å²) < 4.78 is 11.3. The minimum Gasteiger partial charge on any atom is -0.491 e. The van der Waals surface area contributed by atoms with E-state index in [2.05, 4.69) is 11.0 Å². The van der Waals surface area contributed by atoms with Crippen LogP contribution in [-0.2, 0) is 13.1 Å². The molecule has 0 aliphatic rings. The van der Waals surface area contributed by atoms with Crippen LogP contribution >= 0.6 is 11.6 Å². The molecule has 148 valence electrons. The first-order valence-electron chi connectivity index (χ1n) is 9.36. The van der Waals surface area contributed by atoms with Crippen LogP contribution in [0.15, 0.2) is 65.3 Å². The number of hydrogen-bond donors (Lipinski definition) is 1. The molecule has 0 amide bonds. The molecule has 0 spiro atoms. The van der Waals surface area contributed by atoms with Crippen molar-refractivity contribution in [2.24, 2.45) is 0 Å². The van der Waals surface area contributed by atoms with Crippen molar-refractivity contribution < 1.29 is 14.3 Å². The Labute approximate surface area is 171 Å². The highest BCUT2D eigenvalue weighted by Crippen LogP contribution is 2.18. The first-order chi connectivity index (χ1) is 13.5. The quantitative estimate of drug-likeness (QED) is 0.550. The van der Waals surface area contributed by atoms with Crippen LogP contribution in [0.2, 0.25) is 5.02 Å². The number of aliphatic hydroxyl groups excluding tert-OH is 1. The van der Waals surface area contributed by atoms with Gasteiger partial charge in [-0.15, -0.1) is 0 Å². The number of furan rings is 1. The molecule has 0 aliphatic carbocycles. The smallest absolute Gasteiger partial charge is 0.119 e. The van der Waals surface area contributed by atoms with Gasteiger partial charge >= 0.3 is 0 Å². The van der Waals surface area contributed by atoms with Gasteiger partial charge in [-0.1, -0.05) is 29.8 Å². The van der Waals surface area contributed by atoms with Gasteiger partial charge in [-0.05, 0) is 66.9 Å². The lowest BCUT2D eigenvalue weighted by Crippen LogP contribution is -2.35. The number of rotatable bonds is 9. The Balaban J connectivity index is 1.62. The highest BCUT2D eigenvalue weighted by Gasteiger charge is 2.15. The number of hydrogen-bond acceptors (Lipinski definition) is 4. The molecule has 0 aliphatic heterocycles. The number of nitrogens with zero attached hydrogens (tertiary/aromatic N) is 1. The van der Waals surface area contributed by atoms with E-state index in [1.807, 2.05) is 62.4 Å². The molecule has 1 N–H and O–H groups in total. The van der Waals surface area contributed by atoms with Crippen molar-refractivity contribution in [3.8, 4) is 5.75 Å². The molecule has 1 aromatic heterocycles. The summed E-state index contributed by atoms with van der Waals surface area (Å²) in [5.41, 5.74) is 3.37.